The van der Waals surface area contributed by atoms with Gasteiger partial charge in [-0.3, -0.25) is 4.79 Å². The van der Waals surface area contributed by atoms with Crippen LogP contribution in [0, 0.1) is 5.92 Å². The van der Waals surface area contributed by atoms with E-state index in [1.54, 1.807) is 13.8 Å². The molecule has 0 aromatic heterocycles. The predicted molar refractivity (Wildman–Crippen MR) is 52.0 cm³/mol. The average Bonchev–Trinajstić information content (AvgIpc) is 2.14. The minimum Gasteiger partial charge on any atom is -0.428 e. The number of nitrogens with one attached hydrogen (secondary N) is 1. The molecule has 0 rings (SSSR count). The zero-order chi connectivity index (χ0) is 11.8. The van der Waals surface area contributed by atoms with Gasteiger partial charge in [0.2, 0.25) is 6.79 Å². The maximum Gasteiger partial charge on any atom is 0.410 e. The lowest BCUT2D eigenvalue weighted by molar-refractivity contribution is -0.155. The van der Waals surface area contributed by atoms with Gasteiger partial charge >= 0.3 is 12.1 Å². The Morgan fingerprint density at radius 3 is 2.33 bits per heavy atom. The highest BCUT2D eigenvalue weighted by Gasteiger charge is 2.09. The number of carbonyl (C=O) groups excluding carboxylic acids is 2. The molecule has 0 fully saturated rings. The van der Waals surface area contributed by atoms with Crippen LogP contribution >= 0.6 is 0 Å². The lowest BCUT2D eigenvalue weighted by atomic mass is 10.2. The number of aliphatic hydroxyl groups excluding tert-OH is 1. The fourth-order valence-electron chi connectivity index (χ4n) is 0.590. The van der Waals surface area contributed by atoms with Gasteiger partial charge in [0, 0.05) is 6.54 Å². The highest BCUT2D eigenvalue weighted by Crippen LogP contribution is 1.95. The van der Waals surface area contributed by atoms with Crippen LogP contribution in [0.3, 0.4) is 0 Å². The van der Waals surface area contributed by atoms with Crippen LogP contribution in [0.5, 0.6) is 0 Å². The molecule has 88 valence electrons. The summed E-state index contributed by atoms with van der Waals surface area (Å²) in [4.78, 5) is 21.8. The molecular formula is C9H17NO5. The van der Waals surface area contributed by atoms with Crippen molar-refractivity contribution < 1.29 is 24.2 Å². The van der Waals surface area contributed by atoms with Gasteiger partial charge in [0.1, 0.15) is 0 Å². The summed E-state index contributed by atoms with van der Waals surface area (Å²) < 4.78 is 9.11. The first kappa shape index (κ1) is 13.7. The van der Waals surface area contributed by atoms with E-state index >= 15 is 0 Å². The second-order valence-corrected chi connectivity index (χ2v) is 3.40. The fraction of sp³-hybridized carbons (Fsp3) is 0.778. The monoisotopic (exact) mass is 219 g/mol. The van der Waals surface area contributed by atoms with Gasteiger partial charge in [0.25, 0.3) is 0 Å². The van der Waals surface area contributed by atoms with Gasteiger partial charge in [-0.25, -0.2) is 4.79 Å². The third-order valence-electron chi connectivity index (χ3n) is 1.40. The molecule has 2 N–H and O–H groups in total. The van der Waals surface area contributed by atoms with Crippen LogP contribution in [0.15, 0.2) is 0 Å². The Morgan fingerprint density at radius 1 is 1.27 bits per heavy atom. The molecule has 6 heteroatoms. The van der Waals surface area contributed by atoms with Crippen molar-refractivity contribution in [3.8, 4) is 0 Å². The van der Waals surface area contributed by atoms with Crippen molar-refractivity contribution in [2.24, 2.45) is 5.92 Å². The molecule has 0 aromatic rings. The van der Waals surface area contributed by atoms with Gasteiger partial charge in [0.15, 0.2) is 0 Å². The zero-order valence-corrected chi connectivity index (χ0v) is 9.15. The third kappa shape index (κ3) is 7.75. The van der Waals surface area contributed by atoms with Crippen molar-refractivity contribution in [1.82, 2.24) is 5.32 Å². The Bertz CT molecular complexity index is 215. The van der Waals surface area contributed by atoms with Gasteiger partial charge in [-0.1, -0.05) is 13.8 Å². The molecule has 0 aromatic carbocycles. The standard InChI is InChI=1S/C9H17NO5/c1-6(2)8(12)14-5-15-9(13)10-4-7(3)11/h6-7,11H,4-5H2,1-3H3,(H,10,13)/t7-/m1/s1. The maximum atomic E-state index is 10.9. The molecule has 0 saturated heterocycles. The number of amides is 1. The molecule has 0 aliphatic rings. The van der Waals surface area contributed by atoms with Crippen LogP contribution in [0.1, 0.15) is 20.8 Å². The van der Waals surface area contributed by atoms with Crippen LogP contribution in [0.4, 0.5) is 4.79 Å². The lowest BCUT2D eigenvalue weighted by Gasteiger charge is -2.09. The van der Waals surface area contributed by atoms with Crippen LogP contribution in [0.2, 0.25) is 0 Å². The number of hydrogen-bond acceptors (Lipinski definition) is 5. The maximum absolute atomic E-state index is 10.9. The number of carbonyl (C=O) groups is 2. The summed E-state index contributed by atoms with van der Waals surface area (Å²) in [6.45, 7) is 4.56. The average molecular weight is 219 g/mol. The Morgan fingerprint density at radius 2 is 1.87 bits per heavy atom. The van der Waals surface area contributed by atoms with Gasteiger partial charge in [0.05, 0.1) is 12.0 Å². The normalized spacial score (nSPS) is 12.1. The molecule has 0 bridgehead atoms. The summed E-state index contributed by atoms with van der Waals surface area (Å²) in [6.07, 6.45) is -1.37. The second kappa shape index (κ2) is 7.05. The predicted octanol–water partition coefficient (Wildman–Crippen LogP) is 0.250. The number of esters is 1. The lowest BCUT2D eigenvalue weighted by Crippen LogP contribution is -2.32. The van der Waals surface area contributed by atoms with Crippen LogP contribution in [0.25, 0.3) is 0 Å². The minimum atomic E-state index is -0.729. The van der Waals surface area contributed by atoms with Crippen molar-refractivity contribution in [3.63, 3.8) is 0 Å². The smallest absolute Gasteiger partial charge is 0.410 e. The molecule has 15 heavy (non-hydrogen) atoms. The topological polar surface area (TPSA) is 84.9 Å². The quantitative estimate of drug-likeness (QED) is 0.511. The molecule has 0 unspecified atom stereocenters. The van der Waals surface area contributed by atoms with Gasteiger partial charge < -0.3 is 19.9 Å². The molecular weight excluding hydrogens is 202 g/mol. The molecule has 0 spiro atoms. The van der Waals surface area contributed by atoms with Crippen molar-refractivity contribution in [2.45, 2.75) is 26.9 Å². The minimum absolute atomic E-state index is 0.0942. The van der Waals surface area contributed by atoms with Crippen LogP contribution in [-0.4, -0.2) is 36.6 Å². The summed E-state index contributed by atoms with van der Waals surface area (Å²) in [6, 6.07) is 0. The first-order valence-corrected chi connectivity index (χ1v) is 4.68. The van der Waals surface area contributed by atoms with Crippen molar-refractivity contribution >= 4 is 12.1 Å². The van der Waals surface area contributed by atoms with E-state index in [9.17, 15) is 9.59 Å². The van der Waals surface area contributed by atoms with E-state index in [1.807, 2.05) is 0 Å². The van der Waals surface area contributed by atoms with Crippen molar-refractivity contribution in [2.75, 3.05) is 13.3 Å². The van der Waals surface area contributed by atoms with Crippen molar-refractivity contribution in [1.29, 1.82) is 0 Å². The summed E-state index contributed by atoms with van der Waals surface area (Å²) in [5.74, 6) is -0.688. The van der Waals surface area contributed by atoms with E-state index in [0.29, 0.717) is 0 Å². The zero-order valence-electron chi connectivity index (χ0n) is 9.15. The molecule has 0 radical (unpaired) electrons. The summed E-state index contributed by atoms with van der Waals surface area (Å²) >= 11 is 0. The highest BCUT2D eigenvalue weighted by molar-refractivity contribution is 5.71. The molecule has 1 atom stereocenters. The third-order valence-corrected chi connectivity index (χ3v) is 1.40. The molecule has 0 saturated carbocycles. The number of ether oxygens (including phenoxy) is 2. The van der Waals surface area contributed by atoms with Gasteiger partial charge in [-0.2, -0.15) is 0 Å². The largest absolute Gasteiger partial charge is 0.428 e. The van der Waals surface area contributed by atoms with Crippen LogP contribution in [-0.2, 0) is 14.3 Å². The van der Waals surface area contributed by atoms with E-state index in [-0.39, 0.29) is 12.5 Å². The van der Waals surface area contributed by atoms with Crippen LogP contribution < -0.4 is 5.32 Å². The number of alkyl carbamates (subject to hydrolysis) is 1. The van der Waals surface area contributed by atoms with E-state index < -0.39 is 25.0 Å². The number of hydrogen-bond donors (Lipinski definition) is 2. The van der Waals surface area contributed by atoms with E-state index in [4.69, 9.17) is 5.11 Å². The van der Waals surface area contributed by atoms with Gasteiger partial charge in [-0.05, 0) is 6.92 Å². The second-order valence-electron chi connectivity index (χ2n) is 3.40. The number of rotatable bonds is 5. The van der Waals surface area contributed by atoms with Crippen molar-refractivity contribution in [3.05, 3.63) is 0 Å². The summed E-state index contributed by atoms with van der Waals surface area (Å²) in [5, 5.41) is 11.1. The molecule has 0 heterocycles. The first-order valence-electron chi connectivity index (χ1n) is 4.68. The van der Waals surface area contributed by atoms with E-state index in [1.165, 1.54) is 6.92 Å². The Hall–Kier alpha value is -1.30. The Labute approximate surface area is 88.6 Å². The summed E-state index contributed by atoms with van der Waals surface area (Å²) in [7, 11) is 0. The molecule has 6 nitrogen and oxygen atoms in total. The Balaban J connectivity index is 3.51. The highest BCUT2D eigenvalue weighted by atomic mass is 16.7. The molecule has 0 aliphatic heterocycles. The number of aliphatic hydroxyl groups is 1. The first-order chi connectivity index (χ1) is 6.93. The van der Waals surface area contributed by atoms with E-state index in [2.05, 4.69) is 14.8 Å². The van der Waals surface area contributed by atoms with Gasteiger partial charge in [-0.15, -0.1) is 0 Å². The van der Waals surface area contributed by atoms with E-state index in [0.717, 1.165) is 0 Å². The molecule has 0 aliphatic carbocycles. The SMILES string of the molecule is CC(C)C(=O)OCOC(=O)NC[C@@H](C)O. The molecule has 1 amide bonds. The Kier molecular flexibility index (Phi) is 6.44. The summed E-state index contributed by atoms with van der Waals surface area (Å²) in [5.41, 5.74) is 0. The fourth-order valence-corrected chi connectivity index (χ4v) is 0.590.